The molecule has 0 fully saturated rings. The van der Waals surface area contributed by atoms with E-state index in [0.717, 1.165) is 6.07 Å². The van der Waals surface area contributed by atoms with Crippen LogP contribution in [0.2, 0.25) is 5.02 Å². The summed E-state index contributed by atoms with van der Waals surface area (Å²) in [5, 5.41) is 14.3. The molecule has 7 heteroatoms. The minimum absolute atomic E-state index is 0.0370. The van der Waals surface area contributed by atoms with Crippen LogP contribution in [-0.2, 0) is 4.79 Å². The maximum Gasteiger partial charge on any atom is 0.255 e. The number of hydrogen-bond donors (Lipinski definition) is 3. The molecule has 0 aliphatic rings. The molecule has 23 heavy (non-hydrogen) atoms. The Morgan fingerprint density at radius 1 is 1.17 bits per heavy atom. The number of aliphatic hydroxyl groups excluding tert-OH is 1. The summed E-state index contributed by atoms with van der Waals surface area (Å²) in [6.45, 7) is 1.30. The lowest BCUT2D eigenvalue weighted by Gasteiger charge is -2.10. The van der Waals surface area contributed by atoms with E-state index < -0.39 is 23.7 Å². The monoisotopic (exact) mass is 336 g/mol. The third kappa shape index (κ3) is 4.51. The van der Waals surface area contributed by atoms with Gasteiger partial charge >= 0.3 is 0 Å². The molecule has 120 valence electrons. The van der Waals surface area contributed by atoms with Gasteiger partial charge in [0.2, 0.25) is 0 Å². The quantitative estimate of drug-likeness (QED) is 0.803. The highest BCUT2D eigenvalue weighted by Gasteiger charge is 2.13. The van der Waals surface area contributed by atoms with Crippen LogP contribution in [0.5, 0.6) is 0 Å². The number of aliphatic hydroxyl groups is 1. The van der Waals surface area contributed by atoms with E-state index in [4.69, 9.17) is 16.7 Å². The first-order valence-corrected chi connectivity index (χ1v) is 7.10. The third-order valence-corrected chi connectivity index (χ3v) is 3.19. The fourth-order valence-electron chi connectivity index (χ4n) is 1.77. The van der Waals surface area contributed by atoms with Gasteiger partial charge in [0.15, 0.2) is 0 Å². The molecule has 2 rings (SSSR count). The highest BCUT2D eigenvalue weighted by Crippen LogP contribution is 2.20. The van der Waals surface area contributed by atoms with Crippen molar-refractivity contribution in [2.45, 2.75) is 13.0 Å². The molecule has 0 aliphatic carbocycles. The maximum absolute atomic E-state index is 14.0. The normalized spacial score (nSPS) is 11.7. The standard InChI is InChI=1S/C16H14ClFN2O3/c1-9(21)15(22)19-12-5-6-14(13(18)8-12)20-16(23)10-3-2-4-11(17)7-10/h2-9,21H,1H3,(H,19,22)(H,20,23)/t9-/m1/s1. The fraction of sp³-hybridized carbons (Fsp3) is 0.125. The van der Waals surface area contributed by atoms with Gasteiger partial charge in [0.05, 0.1) is 5.69 Å². The van der Waals surface area contributed by atoms with Crippen molar-refractivity contribution in [3.63, 3.8) is 0 Å². The molecule has 1 atom stereocenters. The number of amides is 2. The molecule has 0 unspecified atom stereocenters. The SMILES string of the molecule is C[C@@H](O)C(=O)Nc1ccc(NC(=O)c2cccc(Cl)c2)c(F)c1. The van der Waals surface area contributed by atoms with Crippen LogP contribution in [0.4, 0.5) is 15.8 Å². The highest BCUT2D eigenvalue weighted by molar-refractivity contribution is 6.31. The van der Waals surface area contributed by atoms with Crippen molar-refractivity contribution < 1.29 is 19.1 Å². The number of halogens is 2. The topological polar surface area (TPSA) is 78.4 Å². The van der Waals surface area contributed by atoms with Gasteiger partial charge < -0.3 is 15.7 Å². The van der Waals surface area contributed by atoms with Crippen molar-refractivity contribution in [3.8, 4) is 0 Å². The molecule has 0 radical (unpaired) electrons. The molecule has 0 saturated carbocycles. The lowest BCUT2D eigenvalue weighted by molar-refractivity contribution is -0.123. The average molecular weight is 337 g/mol. The molecule has 0 heterocycles. The zero-order chi connectivity index (χ0) is 17.0. The molecule has 3 N–H and O–H groups in total. The van der Waals surface area contributed by atoms with E-state index in [9.17, 15) is 14.0 Å². The van der Waals surface area contributed by atoms with E-state index in [1.807, 2.05) is 0 Å². The number of carbonyl (C=O) groups excluding carboxylic acids is 2. The van der Waals surface area contributed by atoms with Gasteiger partial charge in [-0.2, -0.15) is 0 Å². The van der Waals surface area contributed by atoms with Gasteiger partial charge in [-0.3, -0.25) is 9.59 Å². The van der Waals surface area contributed by atoms with Crippen molar-refractivity contribution in [1.82, 2.24) is 0 Å². The zero-order valence-corrected chi connectivity index (χ0v) is 12.9. The Balaban J connectivity index is 2.12. The van der Waals surface area contributed by atoms with E-state index >= 15 is 0 Å². The van der Waals surface area contributed by atoms with Crippen LogP contribution in [0.25, 0.3) is 0 Å². The van der Waals surface area contributed by atoms with Gasteiger partial charge in [-0.15, -0.1) is 0 Å². The molecule has 0 bridgehead atoms. The minimum Gasteiger partial charge on any atom is -0.384 e. The first-order chi connectivity index (χ1) is 10.9. The Kier molecular flexibility index (Phi) is 5.31. The van der Waals surface area contributed by atoms with E-state index in [-0.39, 0.29) is 11.4 Å². The molecule has 0 aliphatic heterocycles. The lowest BCUT2D eigenvalue weighted by Crippen LogP contribution is -2.24. The van der Waals surface area contributed by atoms with Gasteiger partial charge in [0.1, 0.15) is 11.9 Å². The predicted octanol–water partition coefficient (Wildman–Crippen LogP) is 3.05. The largest absolute Gasteiger partial charge is 0.384 e. The molecule has 2 aromatic carbocycles. The molecule has 0 aromatic heterocycles. The smallest absolute Gasteiger partial charge is 0.255 e. The van der Waals surface area contributed by atoms with Crippen LogP contribution in [0, 0.1) is 5.82 Å². The Labute approximate surface area is 137 Å². The van der Waals surface area contributed by atoms with Crippen molar-refractivity contribution in [1.29, 1.82) is 0 Å². The van der Waals surface area contributed by atoms with Crippen LogP contribution < -0.4 is 10.6 Å². The number of carbonyl (C=O) groups is 2. The number of benzene rings is 2. The fourth-order valence-corrected chi connectivity index (χ4v) is 1.96. The first-order valence-electron chi connectivity index (χ1n) is 6.72. The summed E-state index contributed by atoms with van der Waals surface area (Å²) in [5.74, 6) is -1.88. The molecule has 2 amide bonds. The van der Waals surface area contributed by atoms with Crippen molar-refractivity contribution in [2.75, 3.05) is 10.6 Å². The minimum atomic E-state index is -1.21. The van der Waals surface area contributed by atoms with Crippen LogP contribution in [0.15, 0.2) is 42.5 Å². The van der Waals surface area contributed by atoms with E-state index in [1.54, 1.807) is 18.2 Å². The Bertz CT molecular complexity index is 750. The van der Waals surface area contributed by atoms with Crippen LogP contribution in [-0.4, -0.2) is 23.0 Å². The van der Waals surface area contributed by atoms with Crippen LogP contribution in [0.1, 0.15) is 17.3 Å². The number of anilines is 2. The molecule has 0 saturated heterocycles. The Morgan fingerprint density at radius 3 is 2.52 bits per heavy atom. The summed E-state index contributed by atoms with van der Waals surface area (Å²) in [4.78, 5) is 23.4. The summed E-state index contributed by atoms with van der Waals surface area (Å²) < 4.78 is 14.0. The van der Waals surface area contributed by atoms with Gasteiger partial charge in [-0.25, -0.2) is 4.39 Å². The van der Waals surface area contributed by atoms with Gasteiger partial charge in [0.25, 0.3) is 11.8 Å². The highest BCUT2D eigenvalue weighted by atomic mass is 35.5. The molecule has 2 aromatic rings. The number of rotatable bonds is 4. The second-order valence-corrected chi connectivity index (χ2v) is 5.26. The van der Waals surface area contributed by atoms with Gasteiger partial charge in [0, 0.05) is 16.3 Å². The van der Waals surface area contributed by atoms with Crippen molar-refractivity contribution in [3.05, 3.63) is 58.9 Å². The number of hydrogen-bond acceptors (Lipinski definition) is 3. The zero-order valence-electron chi connectivity index (χ0n) is 12.1. The molecule has 0 spiro atoms. The molecular weight excluding hydrogens is 323 g/mol. The van der Waals surface area contributed by atoms with Crippen molar-refractivity contribution >= 4 is 34.8 Å². The summed E-state index contributed by atoms with van der Waals surface area (Å²) >= 11 is 5.80. The van der Waals surface area contributed by atoms with Crippen LogP contribution in [0.3, 0.4) is 0 Å². The average Bonchev–Trinajstić information content (AvgIpc) is 2.49. The van der Waals surface area contributed by atoms with Crippen molar-refractivity contribution in [2.24, 2.45) is 0 Å². The number of nitrogens with one attached hydrogen (secondary N) is 2. The molecule has 5 nitrogen and oxygen atoms in total. The summed E-state index contributed by atoms with van der Waals surface area (Å²) in [6, 6.07) is 10.0. The van der Waals surface area contributed by atoms with E-state index in [1.165, 1.54) is 25.1 Å². The van der Waals surface area contributed by atoms with Crippen LogP contribution >= 0.6 is 11.6 Å². The molecular formula is C16H14ClFN2O3. The van der Waals surface area contributed by atoms with E-state index in [0.29, 0.717) is 10.6 Å². The maximum atomic E-state index is 14.0. The second-order valence-electron chi connectivity index (χ2n) is 4.82. The predicted molar refractivity (Wildman–Crippen MR) is 86.1 cm³/mol. The lowest BCUT2D eigenvalue weighted by atomic mass is 10.2. The second kappa shape index (κ2) is 7.21. The first kappa shape index (κ1) is 16.9. The summed E-state index contributed by atoms with van der Waals surface area (Å²) in [7, 11) is 0. The summed E-state index contributed by atoms with van der Waals surface area (Å²) in [6.07, 6.45) is -1.21. The Hall–Kier alpha value is -2.44. The third-order valence-electron chi connectivity index (χ3n) is 2.95. The van der Waals surface area contributed by atoms with Gasteiger partial charge in [-0.1, -0.05) is 17.7 Å². The van der Waals surface area contributed by atoms with E-state index in [2.05, 4.69) is 10.6 Å². The summed E-state index contributed by atoms with van der Waals surface area (Å²) in [5.41, 5.74) is 0.433. The Morgan fingerprint density at radius 2 is 1.91 bits per heavy atom. The van der Waals surface area contributed by atoms with Gasteiger partial charge in [-0.05, 0) is 43.3 Å².